The van der Waals surface area contributed by atoms with Crippen LogP contribution >= 0.6 is 11.6 Å². The molecule has 5 nitrogen and oxygen atoms in total. The van der Waals surface area contributed by atoms with E-state index in [2.05, 4.69) is 16.9 Å². The lowest BCUT2D eigenvalue weighted by Gasteiger charge is -2.35. The van der Waals surface area contributed by atoms with Crippen LogP contribution in [-0.2, 0) is 24.6 Å². The van der Waals surface area contributed by atoms with E-state index in [9.17, 15) is 5.11 Å². The average molecular weight is 316 g/mol. The molecule has 1 aromatic rings. The average Bonchev–Trinajstić information content (AvgIpc) is 2.75. The smallest absolute Gasteiger partial charge is 0.0964 e. The molecule has 1 fully saturated rings. The predicted molar refractivity (Wildman–Crippen MR) is 83.8 cm³/mol. The number of hydrogen-bond donors (Lipinski definition) is 1. The molecule has 120 valence electrons. The highest BCUT2D eigenvalue weighted by Gasteiger charge is 2.28. The van der Waals surface area contributed by atoms with Crippen molar-refractivity contribution in [3.05, 3.63) is 16.4 Å². The number of nitrogens with zero attached hydrogens (tertiary/aromatic N) is 3. The second kappa shape index (κ2) is 7.58. The molecule has 0 bridgehead atoms. The van der Waals surface area contributed by atoms with Gasteiger partial charge in [0.15, 0.2) is 0 Å². The first kappa shape index (κ1) is 16.7. The minimum Gasteiger partial charge on any atom is -0.390 e. The molecular formula is C15H26ClN3O2. The Hall–Kier alpha value is -0.620. The number of halogens is 1. The first-order valence-corrected chi connectivity index (χ1v) is 8.16. The van der Waals surface area contributed by atoms with Crippen molar-refractivity contribution in [1.82, 2.24) is 14.7 Å². The Morgan fingerprint density at radius 3 is 2.86 bits per heavy atom. The molecular weight excluding hydrogens is 290 g/mol. The van der Waals surface area contributed by atoms with Crippen molar-refractivity contribution in [1.29, 1.82) is 0 Å². The molecule has 2 heterocycles. The van der Waals surface area contributed by atoms with E-state index >= 15 is 0 Å². The van der Waals surface area contributed by atoms with Gasteiger partial charge in [-0.2, -0.15) is 5.10 Å². The standard InChI is InChI=1S/C15H26ClN3O2/c1-4-6-19-7-8-21-14(10-19)13(20)9-12-15(16)11(5-2)17-18(12)3/h13-14,20H,4-10H2,1-3H3. The van der Waals surface area contributed by atoms with E-state index in [0.717, 1.165) is 43.9 Å². The Bertz CT molecular complexity index is 462. The first-order chi connectivity index (χ1) is 10.1. The van der Waals surface area contributed by atoms with Crippen LogP contribution in [0.3, 0.4) is 0 Å². The van der Waals surface area contributed by atoms with Crippen molar-refractivity contribution in [3.8, 4) is 0 Å². The third kappa shape index (κ3) is 3.97. The molecule has 0 radical (unpaired) electrons. The molecule has 0 aromatic carbocycles. The van der Waals surface area contributed by atoms with Gasteiger partial charge < -0.3 is 9.84 Å². The summed E-state index contributed by atoms with van der Waals surface area (Å²) in [6, 6.07) is 0. The second-order valence-corrected chi connectivity index (χ2v) is 6.04. The molecule has 0 spiro atoms. The van der Waals surface area contributed by atoms with E-state index in [-0.39, 0.29) is 6.10 Å². The molecule has 2 atom stereocenters. The van der Waals surface area contributed by atoms with Crippen molar-refractivity contribution < 1.29 is 9.84 Å². The Balaban J connectivity index is 2.00. The van der Waals surface area contributed by atoms with Gasteiger partial charge in [0.2, 0.25) is 0 Å². The maximum Gasteiger partial charge on any atom is 0.0964 e. The van der Waals surface area contributed by atoms with Crippen LogP contribution in [0.4, 0.5) is 0 Å². The van der Waals surface area contributed by atoms with E-state index < -0.39 is 6.10 Å². The SMILES string of the molecule is CCCN1CCOC(C(O)Cc2c(Cl)c(CC)nn2C)C1. The van der Waals surface area contributed by atoms with E-state index in [1.807, 2.05) is 14.0 Å². The molecule has 2 rings (SSSR count). The van der Waals surface area contributed by atoms with Crippen LogP contribution in [0.25, 0.3) is 0 Å². The summed E-state index contributed by atoms with van der Waals surface area (Å²) in [6.45, 7) is 7.67. The summed E-state index contributed by atoms with van der Waals surface area (Å²) in [5, 5.41) is 15.6. The quantitative estimate of drug-likeness (QED) is 0.867. The van der Waals surface area contributed by atoms with Gasteiger partial charge in [-0.25, -0.2) is 0 Å². The first-order valence-electron chi connectivity index (χ1n) is 7.79. The Morgan fingerprint density at radius 1 is 1.48 bits per heavy atom. The van der Waals surface area contributed by atoms with Gasteiger partial charge in [-0.05, 0) is 19.4 Å². The summed E-state index contributed by atoms with van der Waals surface area (Å²) in [6.07, 6.45) is 1.69. The van der Waals surface area contributed by atoms with Crippen LogP contribution in [-0.4, -0.2) is 58.2 Å². The summed E-state index contributed by atoms with van der Waals surface area (Å²) in [4.78, 5) is 2.35. The highest BCUT2D eigenvalue weighted by molar-refractivity contribution is 6.31. The lowest BCUT2D eigenvalue weighted by atomic mass is 10.1. The van der Waals surface area contributed by atoms with Gasteiger partial charge in [-0.3, -0.25) is 9.58 Å². The van der Waals surface area contributed by atoms with Gasteiger partial charge >= 0.3 is 0 Å². The molecule has 6 heteroatoms. The number of rotatable bonds is 6. The van der Waals surface area contributed by atoms with Crippen molar-refractivity contribution in [3.63, 3.8) is 0 Å². The fourth-order valence-corrected chi connectivity index (χ4v) is 3.23. The Labute approximate surface area is 131 Å². The highest BCUT2D eigenvalue weighted by Crippen LogP contribution is 2.23. The van der Waals surface area contributed by atoms with Gasteiger partial charge in [0.05, 0.1) is 35.2 Å². The summed E-state index contributed by atoms with van der Waals surface area (Å²) in [7, 11) is 1.87. The zero-order chi connectivity index (χ0) is 15.4. The molecule has 21 heavy (non-hydrogen) atoms. The van der Waals surface area contributed by atoms with Crippen LogP contribution in [0.15, 0.2) is 0 Å². The van der Waals surface area contributed by atoms with Crippen molar-refractivity contribution in [2.75, 3.05) is 26.2 Å². The number of hydrogen-bond acceptors (Lipinski definition) is 4. The maximum atomic E-state index is 10.5. The normalized spacial score (nSPS) is 21.7. The van der Waals surface area contributed by atoms with Crippen molar-refractivity contribution >= 4 is 11.6 Å². The third-order valence-electron chi connectivity index (χ3n) is 4.05. The predicted octanol–water partition coefficient (Wildman–Crippen LogP) is 1.65. The largest absolute Gasteiger partial charge is 0.390 e. The molecule has 0 aliphatic carbocycles. The van der Waals surface area contributed by atoms with Crippen LogP contribution in [0.1, 0.15) is 31.7 Å². The molecule has 1 N–H and O–H groups in total. The van der Waals surface area contributed by atoms with E-state index in [1.165, 1.54) is 0 Å². The maximum absolute atomic E-state index is 10.5. The molecule has 0 saturated carbocycles. The van der Waals surface area contributed by atoms with Crippen LogP contribution in [0.2, 0.25) is 5.02 Å². The molecule has 1 aliphatic heterocycles. The molecule has 0 amide bonds. The lowest BCUT2D eigenvalue weighted by molar-refractivity contribution is -0.0881. The Kier molecular flexibility index (Phi) is 6.05. The topological polar surface area (TPSA) is 50.5 Å². The minimum absolute atomic E-state index is 0.152. The second-order valence-electron chi connectivity index (χ2n) is 5.67. The third-order valence-corrected chi connectivity index (χ3v) is 4.49. The number of aryl methyl sites for hydroxylation is 2. The number of aliphatic hydroxyl groups is 1. The number of morpholine rings is 1. The number of ether oxygens (including phenoxy) is 1. The fourth-order valence-electron chi connectivity index (χ4n) is 2.85. The highest BCUT2D eigenvalue weighted by atomic mass is 35.5. The fraction of sp³-hybridized carbons (Fsp3) is 0.800. The van der Waals surface area contributed by atoms with Crippen LogP contribution in [0.5, 0.6) is 0 Å². The summed E-state index contributed by atoms with van der Waals surface area (Å²) in [5.41, 5.74) is 1.77. The monoisotopic (exact) mass is 315 g/mol. The molecule has 1 aliphatic rings. The molecule has 2 unspecified atom stereocenters. The number of aliphatic hydroxyl groups excluding tert-OH is 1. The summed E-state index contributed by atoms with van der Waals surface area (Å²) in [5.74, 6) is 0. The number of aromatic nitrogens is 2. The van der Waals surface area contributed by atoms with E-state index in [1.54, 1.807) is 4.68 Å². The summed E-state index contributed by atoms with van der Waals surface area (Å²) < 4.78 is 7.51. The zero-order valence-corrected chi connectivity index (χ0v) is 13.9. The van der Waals surface area contributed by atoms with Crippen molar-refractivity contribution in [2.45, 2.75) is 45.3 Å². The van der Waals surface area contributed by atoms with Gasteiger partial charge in [0.25, 0.3) is 0 Å². The van der Waals surface area contributed by atoms with Gasteiger partial charge in [-0.1, -0.05) is 25.4 Å². The minimum atomic E-state index is -0.553. The van der Waals surface area contributed by atoms with Gasteiger partial charge in [0.1, 0.15) is 0 Å². The van der Waals surface area contributed by atoms with E-state index in [0.29, 0.717) is 18.1 Å². The molecule has 1 aromatic heterocycles. The van der Waals surface area contributed by atoms with Gasteiger partial charge in [0, 0.05) is 26.6 Å². The van der Waals surface area contributed by atoms with Crippen LogP contribution < -0.4 is 0 Å². The lowest BCUT2D eigenvalue weighted by Crippen LogP contribution is -2.48. The van der Waals surface area contributed by atoms with E-state index in [4.69, 9.17) is 16.3 Å². The van der Waals surface area contributed by atoms with Crippen LogP contribution in [0, 0.1) is 0 Å². The van der Waals surface area contributed by atoms with Crippen molar-refractivity contribution in [2.24, 2.45) is 7.05 Å². The summed E-state index contributed by atoms with van der Waals surface area (Å²) >= 11 is 6.35. The molecule has 1 saturated heterocycles. The van der Waals surface area contributed by atoms with Gasteiger partial charge in [-0.15, -0.1) is 0 Å². The zero-order valence-electron chi connectivity index (χ0n) is 13.2. The Morgan fingerprint density at radius 2 is 2.24 bits per heavy atom.